The van der Waals surface area contributed by atoms with E-state index in [2.05, 4.69) is 8.37 Å². The van der Waals surface area contributed by atoms with Crippen molar-refractivity contribution in [2.24, 2.45) is 0 Å². The van der Waals surface area contributed by atoms with Crippen LogP contribution in [-0.4, -0.2) is 46.3 Å². The fourth-order valence-electron chi connectivity index (χ4n) is 0.775. The standard InChI is InChI=1S/C8H18O7S2/c1-3-6-14-16(10,11)8(2)17(12,13)15-7-4-5-9/h8-9H,3-7H2,1-2H3. The van der Waals surface area contributed by atoms with Crippen molar-refractivity contribution in [1.29, 1.82) is 0 Å². The number of aliphatic hydroxyl groups excluding tert-OH is 1. The summed E-state index contributed by atoms with van der Waals surface area (Å²) in [5.41, 5.74) is 0. The Labute approximate surface area is 102 Å². The summed E-state index contributed by atoms with van der Waals surface area (Å²) in [5, 5.41) is 8.46. The summed E-state index contributed by atoms with van der Waals surface area (Å²) in [6.07, 6.45) is 0.569. The largest absolute Gasteiger partial charge is 0.396 e. The molecule has 104 valence electrons. The summed E-state index contributed by atoms with van der Waals surface area (Å²) in [6.45, 7) is 2.12. The van der Waals surface area contributed by atoms with Gasteiger partial charge in [-0.1, -0.05) is 6.92 Å². The van der Waals surface area contributed by atoms with Gasteiger partial charge in [-0.05, 0) is 19.8 Å². The van der Waals surface area contributed by atoms with E-state index in [0.717, 1.165) is 6.92 Å². The molecule has 0 radical (unpaired) electrons. The summed E-state index contributed by atoms with van der Waals surface area (Å²) >= 11 is 0. The first-order chi connectivity index (χ1) is 7.78. The van der Waals surface area contributed by atoms with E-state index in [1.807, 2.05) is 0 Å². The highest BCUT2D eigenvalue weighted by molar-refractivity contribution is 8.04. The van der Waals surface area contributed by atoms with E-state index < -0.39 is 24.8 Å². The van der Waals surface area contributed by atoms with E-state index in [4.69, 9.17) is 5.11 Å². The minimum Gasteiger partial charge on any atom is -0.396 e. The van der Waals surface area contributed by atoms with Crippen molar-refractivity contribution in [3.05, 3.63) is 0 Å². The number of rotatable bonds is 9. The van der Waals surface area contributed by atoms with Crippen LogP contribution in [0.2, 0.25) is 0 Å². The van der Waals surface area contributed by atoms with Gasteiger partial charge in [-0.15, -0.1) is 0 Å². The maximum absolute atomic E-state index is 11.5. The summed E-state index contributed by atoms with van der Waals surface area (Å²) in [7, 11) is -8.44. The van der Waals surface area contributed by atoms with Gasteiger partial charge in [0.2, 0.25) is 4.58 Å². The minimum atomic E-state index is -4.24. The first kappa shape index (κ1) is 16.8. The van der Waals surface area contributed by atoms with Gasteiger partial charge < -0.3 is 5.11 Å². The van der Waals surface area contributed by atoms with Crippen molar-refractivity contribution < 1.29 is 30.3 Å². The topological polar surface area (TPSA) is 107 Å². The van der Waals surface area contributed by atoms with Crippen LogP contribution in [0.25, 0.3) is 0 Å². The molecular weight excluding hydrogens is 272 g/mol. The van der Waals surface area contributed by atoms with Crippen molar-refractivity contribution in [2.45, 2.75) is 31.3 Å². The average molecular weight is 290 g/mol. The second-order valence-corrected chi connectivity index (χ2v) is 7.43. The molecule has 0 aromatic carbocycles. The zero-order valence-electron chi connectivity index (χ0n) is 9.83. The van der Waals surface area contributed by atoms with Crippen molar-refractivity contribution in [3.8, 4) is 0 Å². The molecule has 0 bridgehead atoms. The van der Waals surface area contributed by atoms with Crippen LogP contribution in [0.5, 0.6) is 0 Å². The lowest BCUT2D eigenvalue weighted by Crippen LogP contribution is -2.31. The second-order valence-electron chi connectivity index (χ2n) is 3.27. The van der Waals surface area contributed by atoms with Gasteiger partial charge in [-0.3, -0.25) is 8.37 Å². The van der Waals surface area contributed by atoms with Gasteiger partial charge in [0.05, 0.1) is 13.2 Å². The van der Waals surface area contributed by atoms with Crippen LogP contribution in [0.1, 0.15) is 26.7 Å². The molecule has 0 amide bonds. The maximum Gasteiger partial charge on any atom is 0.287 e. The number of aliphatic hydroxyl groups is 1. The Balaban J connectivity index is 4.61. The molecular formula is C8H18O7S2. The molecule has 0 aliphatic heterocycles. The Morgan fingerprint density at radius 2 is 1.53 bits per heavy atom. The Hall–Kier alpha value is -0.220. The van der Waals surface area contributed by atoms with Gasteiger partial charge in [-0.25, -0.2) is 0 Å². The molecule has 0 saturated carbocycles. The van der Waals surface area contributed by atoms with E-state index in [0.29, 0.717) is 6.42 Å². The molecule has 0 heterocycles. The van der Waals surface area contributed by atoms with E-state index in [-0.39, 0.29) is 26.2 Å². The summed E-state index contributed by atoms with van der Waals surface area (Å²) in [6, 6.07) is 0. The van der Waals surface area contributed by atoms with Gasteiger partial charge >= 0.3 is 0 Å². The average Bonchev–Trinajstić information content (AvgIpc) is 2.25. The van der Waals surface area contributed by atoms with Gasteiger partial charge in [0.15, 0.2) is 0 Å². The fourth-order valence-corrected chi connectivity index (χ4v) is 3.40. The number of hydrogen-bond acceptors (Lipinski definition) is 7. The lowest BCUT2D eigenvalue weighted by Gasteiger charge is -2.13. The molecule has 1 unspecified atom stereocenters. The van der Waals surface area contributed by atoms with Crippen molar-refractivity contribution >= 4 is 20.2 Å². The minimum absolute atomic E-state index is 0.0706. The lowest BCUT2D eigenvalue weighted by atomic mass is 10.5. The van der Waals surface area contributed by atoms with Crippen LogP contribution in [-0.2, 0) is 28.6 Å². The molecule has 9 heteroatoms. The monoisotopic (exact) mass is 290 g/mol. The Morgan fingerprint density at radius 3 is 1.94 bits per heavy atom. The zero-order valence-corrected chi connectivity index (χ0v) is 11.5. The Kier molecular flexibility index (Phi) is 7.17. The normalized spacial score (nSPS) is 14.8. The van der Waals surface area contributed by atoms with E-state index in [9.17, 15) is 16.8 Å². The van der Waals surface area contributed by atoms with Crippen molar-refractivity contribution in [1.82, 2.24) is 0 Å². The second kappa shape index (κ2) is 7.27. The molecule has 1 N–H and O–H groups in total. The lowest BCUT2D eigenvalue weighted by molar-refractivity contribution is 0.236. The highest BCUT2D eigenvalue weighted by Gasteiger charge is 2.35. The SMILES string of the molecule is CCCOS(=O)(=O)C(C)S(=O)(=O)OCCCO. The first-order valence-corrected chi connectivity index (χ1v) is 8.09. The number of hydrogen-bond donors (Lipinski definition) is 1. The predicted octanol–water partition coefficient (Wildman–Crippen LogP) is -0.182. The molecule has 0 saturated heterocycles. The molecule has 7 nitrogen and oxygen atoms in total. The molecule has 17 heavy (non-hydrogen) atoms. The van der Waals surface area contributed by atoms with Gasteiger partial charge in [0, 0.05) is 6.61 Å². The molecule has 1 atom stereocenters. The van der Waals surface area contributed by atoms with Crippen LogP contribution in [0.3, 0.4) is 0 Å². The van der Waals surface area contributed by atoms with Crippen LogP contribution in [0.4, 0.5) is 0 Å². The van der Waals surface area contributed by atoms with Gasteiger partial charge in [0.25, 0.3) is 20.2 Å². The predicted molar refractivity (Wildman–Crippen MR) is 61.2 cm³/mol. The fraction of sp³-hybridized carbons (Fsp3) is 1.00. The van der Waals surface area contributed by atoms with Crippen molar-refractivity contribution in [3.63, 3.8) is 0 Å². The van der Waals surface area contributed by atoms with Crippen LogP contribution >= 0.6 is 0 Å². The third-order valence-electron chi connectivity index (χ3n) is 1.81. The van der Waals surface area contributed by atoms with E-state index in [1.165, 1.54) is 0 Å². The Morgan fingerprint density at radius 1 is 1.06 bits per heavy atom. The van der Waals surface area contributed by atoms with Crippen molar-refractivity contribution in [2.75, 3.05) is 19.8 Å². The molecule has 0 aromatic rings. The third kappa shape index (κ3) is 5.77. The molecule has 0 rings (SSSR count). The summed E-state index contributed by atoms with van der Waals surface area (Å²) in [4.78, 5) is 0. The van der Waals surface area contributed by atoms with E-state index >= 15 is 0 Å². The smallest absolute Gasteiger partial charge is 0.287 e. The first-order valence-electron chi connectivity index (χ1n) is 5.15. The highest BCUT2D eigenvalue weighted by atomic mass is 32.3. The van der Waals surface area contributed by atoms with Crippen LogP contribution < -0.4 is 0 Å². The summed E-state index contributed by atoms with van der Waals surface area (Å²) in [5.74, 6) is 0. The van der Waals surface area contributed by atoms with Crippen LogP contribution in [0.15, 0.2) is 0 Å². The molecule has 0 aliphatic rings. The molecule has 0 aliphatic carbocycles. The van der Waals surface area contributed by atoms with Gasteiger partial charge in [-0.2, -0.15) is 16.8 Å². The van der Waals surface area contributed by atoms with E-state index in [1.54, 1.807) is 6.92 Å². The molecule has 0 fully saturated rings. The Bertz CT molecular complexity index is 398. The highest BCUT2D eigenvalue weighted by Crippen LogP contribution is 2.14. The molecule has 0 aromatic heterocycles. The zero-order chi connectivity index (χ0) is 13.5. The summed E-state index contributed by atoms with van der Waals surface area (Å²) < 4.78 is 53.0. The quantitative estimate of drug-likeness (QED) is 0.463. The maximum atomic E-state index is 11.5. The third-order valence-corrected chi connectivity index (χ3v) is 5.85. The molecule has 0 spiro atoms. The van der Waals surface area contributed by atoms with Gasteiger partial charge in [0.1, 0.15) is 0 Å². The van der Waals surface area contributed by atoms with Crippen LogP contribution in [0, 0.1) is 0 Å².